The summed E-state index contributed by atoms with van der Waals surface area (Å²) in [7, 11) is 3.35. The summed E-state index contributed by atoms with van der Waals surface area (Å²) in [4.78, 5) is 18.4. The minimum Gasteiger partial charge on any atom is -0.493 e. The van der Waals surface area contributed by atoms with Gasteiger partial charge in [-0.3, -0.25) is 4.79 Å². The molecular weight excluding hydrogens is 396 g/mol. The lowest BCUT2D eigenvalue weighted by atomic mass is 10.2. The van der Waals surface area contributed by atoms with Crippen molar-refractivity contribution in [3.8, 4) is 22.1 Å². The zero-order valence-electron chi connectivity index (χ0n) is 15.9. The summed E-state index contributed by atoms with van der Waals surface area (Å²) in [5, 5.41) is 3.19. The van der Waals surface area contributed by atoms with E-state index < -0.39 is 0 Å². The van der Waals surface area contributed by atoms with Crippen LogP contribution in [0.3, 0.4) is 0 Å². The molecule has 1 amide bonds. The minimum atomic E-state index is -0.0864. The second-order valence-electron chi connectivity index (χ2n) is 6.10. The second kappa shape index (κ2) is 9.08. The standard InChI is InChI=1S/C21H21ClN2O3S/c1-4-24(2)21(25)17-13-28-20(23-17)14-9-10-18(19(11-14)26-3)27-12-15-7-5-6-8-16(15)22/h5-11,13H,4,12H2,1-3H3. The predicted molar refractivity (Wildman–Crippen MR) is 113 cm³/mol. The molecule has 3 rings (SSSR count). The van der Waals surface area contributed by atoms with Crippen molar-refractivity contribution in [2.45, 2.75) is 13.5 Å². The van der Waals surface area contributed by atoms with E-state index in [4.69, 9.17) is 21.1 Å². The van der Waals surface area contributed by atoms with Gasteiger partial charge in [0.05, 0.1) is 7.11 Å². The fourth-order valence-corrected chi connectivity index (χ4v) is 3.52. The minimum absolute atomic E-state index is 0.0864. The Morgan fingerprint density at radius 1 is 1.21 bits per heavy atom. The first-order chi connectivity index (χ1) is 13.5. The molecule has 0 fully saturated rings. The van der Waals surface area contributed by atoms with Crippen molar-refractivity contribution < 1.29 is 14.3 Å². The molecule has 0 unspecified atom stereocenters. The Kier molecular flexibility index (Phi) is 6.54. The van der Waals surface area contributed by atoms with Gasteiger partial charge in [0.25, 0.3) is 5.91 Å². The van der Waals surface area contributed by atoms with Crippen molar-refractivity contribution in [1.82, 2.24) is 9.88 Å². The van der Waals surface area contributed by atoms with E-state index in [1.807, 2.05) is 49.4 Å². The van der Waals surface area contributed by atoms with E-state index >= 15 is 0 Å². The van der Waals surface area contributed by atoms with Crippen molar-refractivity contribution >= 4 is 28.8 Å². The van der Waals surface area contributed by atoms with Crippen LogP contribution >= 0.6 is 22.9 Å². The lowest BCUT2D eigenvalue weighted by molar-refractivity contribution is 0.0797. The van der Waals surface area contributed by atoms with Gasteiger partial charge in [0.1, 0.15) is 17.3 Å². The SMILES string of the molecule is CCN(C)C(=O)c1csc(-c2ccc(OCc3ccccc3Cl)c(OC)c2)n1. The smallest absolute Gasteiger partial charge is 0.273 e. The molecule has 7 heteroatoms. The largest absolute Gasteiger partial charge is 0.493 e. The quantitative estimate of drug-likeness (QED) is 0.535. The van der Waals surface area contributed by atoms with Crippen LogP contribution in [0, 0.1) is 0 Å². The van der Waals surface area contributed by atoms with E-state index in [1.165, 1.54) is 11.3 Å². The van der Waals surface area contributed by atoms with E-state index in [0.29, 0.717) is 35.4 Å². The molecular formula is C21H21ClN2O3S. The summed E-state index contributed by atoms with van der Waals surface area (Å²) in [6, 6.07) is 13.2. The average Bonchev–Trinajstić information content (AvgIpc) is 3.22. The van der Waals surface area contributed by atoms with Crippen molar-refractivity contribution in [3.63, 3.8) is 0 Å². The number of methoxy groups -OCH3 is 1. The fourth-order valence-electron chi connectivity index (χ4n) is 2.53. The van der Waals surface area contributed by atoms with Crippen LogP contribution in [0.2, 0.25) is 5.02 Å². The second-order valence-corrected chi connectivity index (χ2v) is 7.37. The van der Waals surface area contributed by atoms with Crippen LogP contribution in [-0.2, 0) is 6.61 Å². The van der Waals surface area contributed by atoms with Crippen LogP contribution in [0.25, 0.3) is 10.6 Å². The van der Waals surface area contributed by atoms with Gasteiger partial charge in [-0.05, 0) is 31.2 Å². The number of hydrogen-bond acceptors (Lipinski definition) is 5. The van der Waals surface area contributed by atoms with Crippen LogP contribution in [0.5, 0.6) is 11.5 Å². The Morgan fingerprint density at radius 3 is 2.71 bits per heavy atom. The molecule has 1 heterocycles. The molecule has 0 bridgehead atoms. The van der Waals surface area contributed by atoms with Gasteiger partial charge in [0.2, 0.25) is 0 Å². The first kappa shape index (κ1) is 20.2. The highest BCUT2D eigenvalue weighted by molar-refractivity contribution is 7.13. The lowest BCUT2D eigenvalue weighted by Crippen LogP contribution is -2.26. The molecule has 0 aliphatic heterocycles. The van der Waals surface area contributed by atoms with E-state index in [-0.39, 0.29) is 5.91 Å². The van der Waals surface area contributed by atoms with Crippen LogP contribution in [-0.4, -0.2) is 36.5 Å². The van der Waals surface area contributed by atoms with Gasteiger partial charge in [-0.25, -0.2) is 4.98 Å². The normalized spacial score (nSPS) is 10.6. The number of carbonyl (C=O) groups is 1. The van der Waals surface area contributed by atoms with Gasteiger partial charge in [0, 0.05) is 35.1 Å². The number of halogens is 1. The number of rotatable bonds is 7. The molecule has 0 aliphatic rings. The van der Waals surface area contributed by atoms with Gasteiger partial charge >= 0.3 is 0 Å². The number of hydrogen-bond donors (Lipinski definition) is 0. The first-order valence-corrected chi connectivity index (χ1v) is 10.0. The Labute approximate surface area is 173 Å². The van der Waals surface area contributed by atoms with Crippen molar-refractivity contribution in [2.24, 2.45) is 0 Å². The molecule has 146 valence electrons. The van der Waals surface area contributed by atoms with Gasteiger partial charge in [-0.15, -0.1) is 11.3 Å². The molecule has 0 spiro atoms. The highest BCUT2D eigenvalue weighted by Gasteiger charge is 2.16. The fraction of sp³-hybridized carbons (Fsp3) is 0.238. The molecule has 3 aromatic rings. The Balaban J connectivity index is 1.79. The number of benzene rings is 2. The molecule has 1 aromatic heterocycles. The van der Waals surface area contributed by atoms with Crippen LogP contribution in [0.1, 0.15) is 23.0 Å². The summed E-state index contributed by atoms with van der Waals surface area (Å²) in [6.07, 6.45) is 0. The van der Waals surface area contributed by atoms with Crippen molar-refractivity contribution in [3.05, 3.63) is 64.1 Å². The van der Waals surface area contributed by atoms with Gasteiger partial charge in [-0.2, -0.15) is 0 Å². The van der Waals surface area contributed by atoms with E-state index in [9.17, 15) is 4.79 Å². The molecule has 0 radical (unpaired) electrons. The van der Waals surface area contributed by atoms with E-state index in [1.54, 1.807) is 24.4 Å². The Bertz CT molecular complexity index is 974. The number of nitrogens with zero attached hydrogens (tertiary/aromatic N) is 2. The van der Waals surface area contributed by atoms with Gasteiger partial charge in [0.15, 0.2) is 11.5 Å². The van der Waals surface area contributed by atoms with Gasteiger partial charge < -0.3 is 14.4 Å². The topological polar surface area (TPSA) is 51.7 Å². The first-order valence-electron chi connectivity index (χ1n) is 8.79. The zero-order valence-corrected chi connectivity index (χ0v) is 17.5. The summed E-state index contributed by atoms with van der Waals surface area (Å²) < 4.78 is 11.4. The third-order valence-corrected chi connectivity index (χ3v) is 5.56. The molecule has 0 saturated heterocycles. The highest BCUT2D eigenvalue weighted by Crippen LogP contribution is 2.34. The molecule has 28 heavy (non-hydrogen) atoms. The van der Waals surface area contributed by atoms with Crippen molar-refractivity contribution in [2.75, 3.05) is 20.7 Å². The van der Waals surface area contributed by atoms with E-state index in [0.717, 1.165) is 16.1 Å². The van der Waals surface area contributed by atoms with Gasteiger partial charge in [-0.1, -0.05) is 29.8 Å². The number of carbonyl (C=O) groups excluding carboxylic acids is 1. The Hall–Kier alpha value is -2.57. The third-order valence-electron chi connectivity index (χ3n) is 4.30. The van der Waals surface area contributed by atoms with Crippen LogP contribution < -0.4 is 9.47 Å². The summed E-state index contributed by atoms with van der Waals surface area (Å²) >= 11 is 7.60. The highest BCUT2D eigenvalue weighted by atomic mass is 35.5. The average molecular weight is 417 g/mol. The number of aromatic nitrogens is 1. The number of amides is 1. The maximum atomic E-state index is 12.3. The monoisotopic (exact) mass is 416 g/mol. The Morgan fingerprint density at radius 2 is 2.00 bits per heavy atom. The van der Waals surface area contributed by atoms with E-state index in [2.05, 4.69) is 4.98 Å². The summed E-state index contributed by atoms with van der Waals surface area (Å²) in [5.74, 6) is 1.12. The molecule has 2 aromatic carbocycles. The molecule has 0 atom stereocenters. The van der Waals surface area contributed by atoms with Crippen LogP contribution in [0.4, 0.5) is 0 Å². The lowest BCUT2D eigenvalue weighted by Gasteiger charge is -2.13. The van der Waals surface area contributed by atoms with Crippen LogP contribution in [0.15, 0.2) is 47.8 Å². The molecule has 0 saturated carbocycles. The molecule has 5 nitrogen and oxygen atoms in total. The summed E-state index contributed by atoms with van der Waals surface area (Å²) in [6.45, 7) is 2.91. The number of ether oxygens (including phenoxy) is 2. The third kappa shape index (κ3) is 4.46. The summed E-state index contributed by atoms with van der Waals surface area (Å²) in [5.41, 5.74) is 2.21. The predicted octanol–water partition coefficient (Wildman–Crippen LogP) is 5.14. The van der Waals surface area contributed by atoms with Crippen molar-refractivity contribution in [1.29, 1.82) is 0 Å². The maximum absolute atomic E-state index is 12.3. The number of thiazole rings is 1. The maximum Gasteiger partial charge on any atom is 0.273 e. The zero-order chi connectivity index (χ0) is 20.1. The molecule has 0 N–H and O–H groups in total. The molecule has 0 aliphatic carbocycles.